The summed E-state index contributed by atoms with van der Waals surface area (Å²) in [5, 5.41) is 18.6. The van der Waals surface area contributed by atoms with Gasteiger partial charge < -0.3 is 34.9 Å². The predicted octanol–water partition coefficient (Wildman–Crippen LogP) is -0.906. The third kappa shape index (κ3) is 15.1. The molecule has 0 radical (unpaired) electrons. The molecule has 4 N–H and O–H groups in total. The highest BCUT2D eigenvalue weighted by atomic mass is 32.2. The Hall–Kier alpha value is -0.420. The first-order valence-electron chi connectivity index (χ1n) is 7.95. The minimum absolute atomic E-state index is 0.0831. The van der Waals surface area contributed by atoms with Gasteiger partial charge in [0.15, 0.2) is 0 Å². The Morgan fingerprint density at radius 3 is 2.17 bits per heavy atom. The van der Waals surface area contributed by atoms with Gasteiger partial charge in [-0.2, -0.15) is 0 Å². The van der Waals surface area contributed by atoms with Crippen LogP contribution in [-0.2, 0) is 34.6 Å². The Labute approximate surface area is 146 Å². The van der Waals surface area contributed by atoms with Crippen molar-refractivity contribution in [3.05, 3.63) is 0 Å². The standard InChI is InChI=1S/C15H31NO7S/c1-20-4-5-21-6-7-22-8-9-23-11-13(17)12-24(2)10-3-14(16)15(18)19/h13-14,17H,3-12,16H2,1-2H3/p+1/t13?,14-,24?/m0/s1. The maximum Gasteiger partial charge on any atom is 0.320 e. The van der Waals surface area contributed by atoms with Crippen molar-refractivity contribution in [1.29, 1.82) is 0 Å². The molecule has 0 amide bonds. The molecule has 8 nitrogen and oxygen atoms in total. The van der Waals surface area contributed by atoms with E-state index in [0.29, 0.717) is 57.6 Å². The number of carboxylic acids is 1. The van der Waals surface area contributed by atoms with Crippen LogP contribution in [0.5, 0.6) is 0 Å². The summed E-state index contributed by atoms with van der Waals surface area (Å²) in [6, 6.07) is -0.830. The van der Waals surface area contributed by atoms with Gasteiger partial charge in [0.25, 0.3) is 0 Å². The van der Waals surface area contributed by atoms with Crippen molar-refractivity contribution in [3.8, 4) is 0 Å². The summed E-state index contributed by atoms with van der Waals surface area (Å²) < 4.78 is 20.8. The first-order valence-corrected chi connectivity index (χ1v) is 9.92. The fraction of sp³-hybridized carbons (Fsp3) is 0.933. The molecule has 0 aliphatic carbocycles. The molecule has 144 valence electrons. The molecule has 24 heavy (non-hydrogen) atoms. The third-order valence-corrected chi connectivity index (χ3v) is 4.94. The van der Waals surface area contributed by atoms with Crippen molar-refractivity contribution in [2.24, 2.45) is 5.73 Å². The number of hydrogen-bond donors (Lipinski definition) is 3. The average molecular weight is 370 g/mol. The van der Waals surface area contributed by atoms with Gasteiger partial charge >= 0.3 is 5.97 Å². The molecule has 0 saturated heterocycles. The van der Waals surface area contributed by atoms with Gasteiger partial charge in [-0.3, -0.25) is 4.79 Å². The maximum absolute atomic E-state index is 10.6. The van der Waals surface area contributed by atoms with E-state index in [4.69, 9.17) is 29.8 Å². The van der Waals surface area contributed by atoms with E-state index in [0.717, 1.165) is 0 Å². The number of carbonyl (C=O) groups is 1. The van der Waals surface area contributed by atoms with Gasteiger partial charge in [-0.15, -0.1) is 0 Å². The van der Waals surface area contributed by atoms with Crippen LogP contribution in [0.4, 0.5) is 0 Å². The summed E-state index contributed by atoms with van der Waals surface area (Å²) in [5.41, 5.74) is 5.46. The number of aliphatic carboxylic acids is 1. The Kier molecular flexibility index (Phi) is 15.8. The second kappa shape index (κ2) is 16.1. The van der Waals surface area contributed by atoms with Crippen LogP contribution in [-0.4, -0.2) is 99.4 Å². The number of ether oxygens (including phenoxy) is 4. The van der Waals surface area contributed by atoms with E-state index in [9.17, 15) is 9.90 Å². The third-order valence-electron chi connectivity index (χ3n) is 3.06. The largest absolute Gasteiger partial charge is 0.480 e. The number of aliphatic hydroxyl groups excluding tert-OH is 1. The van der Waals surface area contributed by atoms with Crippen LogP contribution in [0.3, 0.4) is 0 Å². The van der Waals surface area contributed by atoms with Gasteiger partial charge in [0, 0.05) is 13.5 Å². The van der Waals surface area contributed by atoms with Gasteiger partial charge in [-0.25, -0.2) is 0 Å². The van der Waals surface area contributed by atoms with Crippen LogP contribution in [0.15, 0.2) is 0 Å². The van der Waals surface area contributed by atoms with Crippen molar-refractivity contribution in [2.45, 2.75) is 18.6 Å². The Morgan fingerprint density at radius 1 is 1.08 bits per heavy atom. The van der Waals surface area contributed by atoms with E-state index in [1.807, 2.05) is 6.26 Å². The zero-order valence-electron chi connectivity index (χ0n) is 14.6. The number of carboxylic acid groups (broad SMARTS) is 1. The monoisotopic (exact) mass is 370 g/mol. The number of methoxy groups -OCH3 is 1. The lowest BCUT2D eigenvalue weighted by Crippen LogP contribution is -2.34. The predicted molar refractivity (Wildman–Crippen MR) is 93.6 cm³/mol. The van der Waals surface area contributed by atoms with E-state index in [-0.39, 0.29) is 17.5 Å². The topological polar surface area (TPSA) is 120 Å². The minimum atomic E-state index is -0.986. The summed E-state index contributed by atoms with van der Waals surface area (Å²) in [4.78, 5) is 10.6. The lowest BCUT2D eigenvalue weighted by atomic mass is 10.2. The van der Waals surface area contributed by atoms with Gasteiger partial charge in [0.05, 0.1) is 52.5 Å². The SMILES string of the molecule is COCCOCCOCCOCC(O)C[S+](C)CC[C@H](N)C(=O)O. The fourth-order valence-electron chi connectivity index (χ4n) is 1.71. The molecule has 0 aromatic rings. The zero-order chi connectivity index (χ0) is 18.2. The zero-order valence-corrected chi connectivity index (χ0v) is 15.5. The molecule has 0 fully saturated rings. The molecule has 0 saturated carbocycles. The molecule has 0 bridgehead atoms. The highest BCUT2D eigenvalue weighted by Crippen LogP contribution is 2.01. The van der Waals surface area contributed by atoms with Crippen molar-refractivity contribution >= 4 is 16.9 Å². The van der Waals surface area contributed by atoms with Crippen LogP contribution in [0.1, 0.15) is 6.42 Å². The quantitative estimate of drug-likeness (QED) is 0.222. The van der Waals surface area contributed by atoms with Gasteiger partial charge in [-0.05, 0) is 10.9 Å². The highest BCUT2D eigenvalue weighted by molar-refractivity contribution is 7.96. The van der Waals surface area contributed by atoms with Crippen molar-refractivity contribution in [1.82, 2.24) is 0 Å². The van der Waals surface area contributed by atoms with Gasteiger partial charge in [0.2, 0.25) is 0 Å². The van der Waals surface area contributed by atoms with E-state index in [1.54, 1.807) is 7.11 Å². The smallest absolute Gasteiger partial charge is 0.320 e. The van der Waals surface area contributed by atoms with Crippen molar-refractivity contribution in [2.75, 3.05) is 71.1 Å². The number of aliphatic hydroxyl groups is 1. The van der Waals surface area contributed by atoms with E-state index < -0.39 is 18.1 Å². The summed E-state index contributed by atoms with van der Waals surface area (Å²) in [6.45, 7) is 3.25. The second-order valence-electron chi connectivity index (χ2n) is 5.33. The number of nitrogens with two attached hydrogens (primary N) is 1. The van der Waals surface area contributed by atoms with Crippen molar-refractivity contribution in [3.63, 3.8) is 0 Å². The van der Waals surface area contributed by atoms with E-state index in [1.165, 1.54) is 0 Å². The average Bonchev–Trinajstić information content (AvgIpc) is 2.54. The minimum Gasteiger partial charge on any atom is -0.480 e. The molecule has 3 atom stereocenters. The van der Waals surface area contributed by atoms with Crippen LogP contribution in [0, 0.1) is 0 Å². The summed E-state index contributed by atoms with van der Waals surface area (Å²) in [6.07, 6.45) is 1.85. The van der Waals surface area contributed by atoms with Gasteiger partial charge in [0.1, 0.15) is 23.7 Å². The molecular weight excluding hydrogens is 338 g/mol. The first kappa shape index (κ1) is 23.6. The van der Waals surface area contributed by atoms with E-state index >= 15 is 0 Å². The molecule has 0 rings (SSSR count). The van der Waals surface area contributed by atoms with E-state index in [2.05, 4.69) is 0 Å². The molecular formula is C15H32NO7S+. The first-order chi connectivity index (χ1) is 11.5. The molecule has 2 unspecified atom stereocenters. The highest BCUT2D eigenvalue weighted by Gasteiger charge is 2.21. The van der Waals surface area contributed by atoms with Crippen LogP contribution in [0.2, 0.25) is 0 Å². The lowest BCUT2D eigenvalue weighted by molar-refractivity contribution is -0.138. The molecule has 0 aromatic heterocycles. The molecule has 0 aromatic carbocycles. The summed E-state index contributed by atoms with van der Waals surface area (Å²) >= 11 is 0. The van der Waals surface area contributed by atoms with Gasteiger partial charge in [-0.1, -0.05) is 0 Å². The van der Waals surface area contributed by atoms with Crippen LogP contribution in [0.25, 0.3) is 0 Å². The molecule has 0 heterocycles. The number of rotatable bonds is 17. The fourth-order valence-corrected chi connectivity index (χ4v) is 3.29. The summed E-state index contributed by atoms with van der Waals surface area (Å²) in [7, 11) is 1.54. The Balaban J connectivity index is 3.42. The normalized spacial score (nSPS) is 15.2. The Morgan fingerprint density at radius 2 is 1.62 bits per heavy atom. The molecule has 9 heteroatoms. The Bertz CT molecular complexity index is 310. The van der Waals surface area contributed by atoms with Crippen molar-refractivity contribution < 1.29 is 34.0 Å². The van der Waals surface area contributed by atoms with Crippen LogP contribution >= 0.6 is 0 Å². The molecule has 0 aliphatic heterocycles. The molecule has 0 aliphatic rings. The number of hydrogen-bond acceptors (Lipinski definition) is 7. The van der Waals surface area contributed by atoms with Crippen LogP contribution < -0.4 is 5.73 Å². The lowest BCUT2D eigenvalue weighted by Gasteiger charge is -2.12. The second-order valence-corrected chi connectivity index (χ2v) is 7.64. The maximum atomic E-state index is 10.6. The molecule has 0 spiro atoms. The summed E-state index contributed by atoms with van der Waals surface area (Å²) in [5.74, 6) is 0.289.